The second-order valence-electron chi connectivity index (χ2n) is 2.94. The molecular formula is C11H11NO2. The average molecular weight is 189 g/mol. The van der Waals surface area contributed by atoms with Crippen LogP contribution in [-0.4, -0.2) is 5.97 Å². The summed E-state index contributed by atoms with van der Waals surface area (Å²) < 4.78 is 4.92. The van der Waals surface area contributed by atoms with Crippen molar-refractivity contribution in [2.45, 2.75) is 13.5 Å². The number of ether oxygens (including phenoxy) is 1. The molecule has 0 aliphatic carbocycles. The maximum atomic E-state index is 11.1. The topological polar surface area (TPSA) is 50.1 Å². The minimum absolute atomic E-state index is 0.228. The Morgan fingerprint density at radius 3 is 2.71 bits per heavy atom. The van der Waals surface area contributed by atoms with E-state index in [0.717, 1.165) is 5.56 Å². The minimum Gasteiger partial charge on any atom is -0.460 e. The molecule has 3 heteroatoms. The van der Waals surface area contributed by atoms with Crippen molar-refractivity contribution in [1.29, 1.82) is 5.26 Å². The van der Waals surface area contributed by atoms with Crippen molar-refractivity contribution in [3.63, 3.8) is 0 Å². The third-order valence-corrected chi connectivity index (χ3v) is 1.77. The van der Waals surface area contributed by atoms with E-state index in [2.05, 4.69) is 0 Å². The molecule has 0 saturated carbocycles. The number of nitriles is 1. The fourth-order valence-electron chi connectivity index (χ4n) is 0.906. The van der Waals surface area contributed by atoms with Crippen molar-refractivity contribution >= 4 is 5.97 Å². The van der Waals surface area contributed by atoms with E-state index in [1.807, 2.05) is 36.4 Å². The lowest BCUT2D eigenvalue weighted by Gasteiger charge is -2.05. The Bertz CT molecular complexity index is 340. The van der Waals surface area contributed by atoms with Crippen molar-refractivity contribution in [2.24, 2.45) is 5.92 Å². The highest BCUT2D eigenvalue weighted by Crippen LogP contribution is 2.03. The molecule has 0 bridgehead atoms. The van der Waals surface area contributed by atoms with E-state index in [-0.39, 0.29) is 6.61 Å². The van der Waals surface area contributed by atoms with Crippen LogP contribution in [0, 0.1) is 17.2 Å². The third kappa shape index (κ3) is 2.91. The zero-order valence-electron chi connectivity index (χ0n) is 7.93. The van der Waals surface area contributed by atoms with E-state index in [4.69, 9.17) is 10.00 Å². The minimum atomic E-state index is -0.696. The maximum absolute atomic E-state index is 11.1. The molecular weight excluding hydrogens is 178 g/mol. The first kappa shape index (κ1) is 10.3. The Labute approximate surface area is 82.9 Å². The van der Waals surface area contributed by atoms with Gasteiger partial charge in [0.05, 0.1) is 6.07 Å². The molecule has 72 valence electrons. The van der Waals surface area contributed by atoms with E-state index in [0.29, 0.717) is 0 Å². The quantitative estimate of drug-likeness (QED) is 0.682. The van der Waals surface area contributed by atoms with Crippen LogP contribution in [0.4, 0.5) is 0 Å². The van der Waals surface area contributed by atoms with Crippen LogP contribution in [0.3, 0.4) is 0 Å². The molecule has 0 N–H and O–H groups in total. The monoisotopic (exact) mass is 189 g/mol. The molecule has 1 rings (SSSR count). The number of hydrogen-bond donors (Lipinski definition) is 0. The third-order valence-electron chi connectivity index (χ3n) is 1.77. The zero-order chi connectivity index (χ0) is 10.4. The Hall–Kier alpha value is -1.82. The largest absolute Gasteiger partial charge is 0.460 e. The molecule has 1 atom stereocenters. The molecule has 0 saturated heterocycles. The number of carbonyl (C=O) groups excluding carboxylic acids is 1. The lowest BCUT2D eigenvalue weighted by atomic mass is 10.2. The molecule has 3 nitrogen and oxygen atoms in total. The molecule has 0 aromatic heterocycles. The molecule has 0 heterocycles. The Balaban J connectivity index is 2.43. The lowest BCUT2D eigenvalue weighted by Crippen LogP contribution is -2.12. The smallest absolute Gasteiger partial charge is 0.323 e. The second kappa shape index (κ2) is 5.03. The summed E-state index contributed by atoms with van der Waals surface area (Å²) in [5, 5.41) is 8.45. The Kier molecular flexibility index (Phi) is 3.69. The highest BCUT2D eigenvalue weighted by molar-refractivity contribution is 5.74. The predicted octanol–water partition coefficient (Wildman–Crippen LogP) is 1.89. The van der Waals surface area contributed by atoms with Gasteiger partial charge >= 0.3 is 5.97 Å². The van der Waals surface area contributed by atoms with Crippen LogP contribution < -0.4 is 0 Å². The molecule has 1 aromatic carbocycles. The summed E-state index contributed by atoms with van der Waals surface area (Å²) in [6.45, 7) is 1.75. The van der Waals surface area contributed by atoms with Gasteiger partial charge in [-0.3, -0.25) is 4.79 Å². The molecule has 0 fully saturated rings. The van der Waals surface area contributed by atoms with Gasteiger partial charge in [0.15, 0.2) is 0 Å². The van der Waals surface area contributed by atoms with Gasteiger partial charge in [0, 0.05) is 0 Å². The van der Waals surface area contributed by atoms with Crippen molar-refractivity contribution in [3.8, 4) is 6.07 Å². The van der Waals surface area contributed by atoms with Crippen LogP contribution in [0.1, 0.15) is 12.5 Å². The normalized spacial score (nSPS) is 11.4. The van der Waals surface area contributed by atoms with E-state index in [1.165, 1.54) is 6.92 Å². The van der Waals surface area contributed by atoms with E-state index < -0.39 is 11.9 Å². The molecule has 0 radical (unpaired) electrons. The van der Waals surface area contributed by atoms with E-state index in [9.17, 15) is 4.79 Å². The first-order chi connectivity index (χ1) is 6.74. The van der Waals surface area contributed by atoms with Gasteiger partial charge in [-0.2, -0.15) is 5.26 Å². The van der Waals surface area contributed by atoms with Gasteiger partial charge in [-0.05, 0) is 12.5 Å². The van der Waals surface area contributed by atoms with Gasteiger partial charge < -0.3 is 4.74 Å². The van der Waals surface area contributed by atoms with Crippen LogP contribution in [0.5, 0.6) is 0 Å². The van der Waals surface area contributed by atoms with E-state index >= 15 is 0 Å². The maximum Gasteiger partial charge on any atom is 0.323 e. The Morgan fingerprint density at radius 2 is 2.14 bits per heavy atom. The van der Waals surface area contributed by atoms with Crippen LogP contribution in [0.25, 0.3) is 0 Å². The van der Waals surface area contributed by atoms with Crippen LogP contribution in [-0.2, 0) is 16.1 Å². The number of rotatable bonds is 3. The predicted molar refractivity (Wildman–Crippen MR) is 51.0 cm³/mol. The highest BCUT2D eigenvalue weighted by atomic mass is 16.5. The number of benzene rings is 1. The highest BCUT2D eigenvalue weighted by Gasteiger charge is 2.12. The van der Waals surface area contributed by atoms with Crippen molar-refractivity contribution in [1.82, 2.24) is 0 Å². The molecule has 0 amide bonds. The number of carbonyl (C=O) groups is 1. The summed E-state index contributed by atoms with van der Waals surface area (Å²) in [6.07, 6.45) is 0. The van der Waals surface area contributed by atoms with E-state index in [1.54, 1.807) is 0 Å². The number of esters is 1. The molecule has 0 spiro atoms. The summed E-state index contributed by atoms with van der Waals surface area (Å²) in [6, 6.07) is 11.2. The molecule has 1 unspecified atom stereocenters. The van der Waals surface area contributed by atoms with Gasteiger partial charge in [0.25, 0.3) is 0 Å². The van der Waals surface area contributed by atoms with Crippen molar-refractivity contribution < 1.29 is 9.53 Å². The molecule has 14 heavy (non-hydrogen) atoms. The van der Waals surface area contributed by atoms with Crippen LogP contribution in [0.2, 0.25) is 0 Å². The number of nitrogens with zero attached hydrogens (tertiary/aromatic N) is 1. The van der Waals surface area contributed by atoms with Gasteiger partial charge in [-0.25, -0.2) is 0 Å². The molecule has 0 aliphatic heterocycles. The standard InChI is InChI=1S/C11H11NO2/c1-9(7-12)11(13)14-8-10-5-3-2-4-6-10/h2-6,9H,8H2,1H3. The summed E-state index contributed by atoms with van der Waals surface area (Å²) >= 11 is 0. The first-order valence-corrected chi connectivity index (χ1v) is 4.34. The Morgan fingerprint density at radius 1 is 1.50 bits per heavy atom. The summed E-state index contributed by atoms with van der Waals surface area (Å²) in [5.41, 5.74) is 0.922. The SMILES string of the molecule is CC(C#N)C(=O)OCc1ccccc1. The fraction of sp³-hybridized carbons (Fsp3) is 0.273. The van der Waals surface area contributed by atoms with Gasteiger partial charge in [0.2, 0.25) is 0 Å². The molecule has 0 aliphatic rings. The molecule has 1 aromatic rings. The van der Waals surface area contributed by atoms with Gasteiger partial charge in [-0.15, -0.1) is 0 Å². The van der Waals surface area contributed by atoms with Gasteiger partial charge in [-0.1, -0.05) is 30.3 Å². The summed E-state index contributed by atoms with van der Waals surface area (Å²) in [4.78, 5) is 11.1. The van der Waals surface area contributed by atoms with Crippen LogP contribution in [0.15, 0.2) is 30.3 Å². The first-order valence-electron chi connectivity index (χ1n) is 4.34. The summed E-state index contributed by atoms with van der Waals surface area (Å²) in [7, 11) is 0. The van der Waals surface area contributed by atoms with Crippen LogP contribution >= 0.6 is 0 Å². The summed E-state index contributed by atoms with van der Waals surface area (Å²) in [5.74, 6) is -1.17. The van der Waals surface area contributed by atoms with Gasteiger partial charge in [0.1, 0.15) is 12.5 Å². The lowest BCUT2D eigenvalue weighted by molar-refractivity contribution is -0.147. The number of hydrogen-bond acceptors (Lipinski definition) is 3. The second-order valence-corrected chi connectivity index (χ2v) is 2.94. The zero-order valence-corrected chi connectivity index (χ0v) is 7.93. The average Bonchev–Trinajstić information content (AvgIpc) is 2.26. The van der Waals surface area contributed by atoms with Crippen molar-refractivity contribution in [3.05, 3.63) is 35.9 Å². The van der Waals surface area contributed by atoms with Crippen molar-refractivity contribution in [2.75, 3.05) is 0 Å². The fourth-order valence-corrected chi connectivity index (χ4v) is 0.906.